The van der Waals surface area contributed by atoms with Crippen LogP contribution in [0.15, 0.2) is 22.8 Å². The Morgan fingerprint density at radius 1 is 1.37 bits per heavy atom. The molecule has 1 aromatic carbocycles. The quantitative estimate of drug-likeness (QED) is 0.504. The van der Waals surface area contributed by atoms with Crippen LogP contribution in [-0.4, -0.2) is 9.97 Å². The van der Waals surface area contributed by atoms with Crippen molar-refractivity contribution in [1.29, 1.82) is 0 Å². The second-order valence-corrected chi connectivity index (χ2v) is 4.62. The van der Waals surface area contributed by atoms with Crippen molar-refractivity contribution in [2.24, 2.45) is 5.84 Å². The zero-order valence-electron chi connectivity index (χ0n) is 9.12. The molecule has 3 N–H and O–H groups in total. The van der Waals surface area contributed by atoms with Crippen LogP contribution in [-0.2, 0) is 0 Å². The van der Waals surface area contributed by atoms with Gasteiger partial charge in [-0.15, -0.1) is 0 Å². The van der Waals surface area contributed by atoms with Crippen molar-refractivity contribution in [3.05, 3.63) is 39.5 Å². The first-order valence-corrected chi connectivity index (χ1v) is 6.00. The first-order chi connectivity index (χ1) is 9.01. The van der Waals surface area contributed by atoms with Gasteiger partial charge in [0.05, 0.1) is 6.20 Å². The highest BCUT2D eigenvalue weighted by atomic mass is 79.9. The zero-order valence-corrected chi connectivity index (χ0v) is 11.5. The number of nitrogens with zero attached hydrogens (tertiary/aromatic N) is 2. The van der Waals surface area contributed by atoms with Crippen molar-refractivity contribution in [1.82, 2.24) is 9.97 Å². The summed E-state index contributed by atoms with van der Waals surface area (Å²) in [6.07, 6.45) is 1.21. The minimum Gasteiger partial charge on any atom is -0.434 e. The number of hydrazine groups is 1. The van der Waals surface area contributed by atoms with E-state index < -0.39 is 11.6 Å². The molecule has 0 saturated carbocycles. The zero-order chi connectivity index (χ0) is 14.0. The first-order valence-electron chi connectivity index (χ1n) is 4.83. The molecule has 5 nitrogen and oxygen atoms in total. The van der Waals surface area contributed by atoms with Crippen LogP contribution in [0.2, 0.25) is 5.02 Å². The summed E-state index contributed by atoms with van der Waals surface area (Å²) in [7, 11) is 0. The third-order valence-electron chi connectivity index (χ3n) is 2.01. The number of nitrogen functional groups attached to an aromatic ring is 1. The van der Waals surface area contributed by atoms with E-state index in [9.17, 15) is 8.78 Å². The Bertz CT molecular complexity index is 629. The normalized spacial score (nSPS) is 10.4. The van der Waals surface area contributed by atoms with Gasteiger partial charge in [0.2, 0.25) is 17.6 Å². The standard InChI is InChI=1S/C10H6BrClF2N4O/c11-4-1-6(13)8(14)7(2-4)19-9-5(12)3-16-10(17-9)18-15/h1-3H,15H2,(H,16,17,18). The molecular weight excluding hydrogens is 345 g/mol. The summed E-state index contributed by atoms with van der Waals surface area (Å²) in [5.41, 5.74) is 2.18. The fourth-order valence-corrected chi connectivity index (χ4v) is 1.74. The number of rotatable bonds is 3. The fourth-order valence-electron chi connectivity index (χ4n) is 1.20. The monoisotopic (exact) mass is 350 g/mol. The summed E-state index contributed by atoms with van der Waals surface area (Å²) in [6, 6.07) is 2.21. The molecule has 0 radical (unpaired) electrons. The number of halogens is 4. The molecule has 0 amide bonds. The molecule has 0 spiro atoms. The lowest BCUT2D eigenvalue weighted by Crippen LogP contribution is -2.10. The summed E-state index contributed by atoms with van der Waals surface area (Å²) in [5, 5.41) is 0.0267. The molecule has 1 heterocycles. The van der Waals surface area contributed by atoms with E-state index in [0.29, 0.717) is 4.47 Å². The SMILES string of the molecule is NNc1ncc(Cl)c(Oc2cc(Br)cc(F)c2F)n1. The van der Waals surface area contributed by atoms with Gasteiger partial charge < -0.3 is 4.74 Å². The van der Waals surface area contributed by atoms with Gasteiger partial charge in [-0.2, -0.15) is 9.37 Å². The van der Waals surface area contributed by atoms with Crippen LogP contribution in [0.1, 0.15) is 0 Å². The van der Waals surface area contributed by atoms with Gasteiger partial charge in [0.25, 0.3) is 0 Å². The molecule has 0 bridgehead atoms. The maximum Gasteiger partial charge on any atom is 0.243 e. The van der Waals surface area contributed by atoms with Crippen molar-refractivity contribution >= 4 is 33.5 Å². The number of nitrogens with two attached hydrogens (primary N) is 1. The molecule has 0 unspecified atom stereocenters. The van der Waals surface area contributed by atoms with E-state index in [1.54, 1.807) is 0 Å². The summed E-state index contributed by atoms with van der Waals surface area (Å²) < 4.78 is 32.2. The molecule has 0 fully saturated rings. The number of nitrogens with one attached hydrogen (secondary N) is 1. The lowest BCUT2D eigenvalue weighted by Gasteiger charge is -2.09. The molecule has 0 atom stereocenters. The highest BCUT2D eigenvalue weighted by molar-refractivity contribution is 9.10. The van der Waals surface area contributed by atoms with Crippen LogP contribution in [0.25, 0.3) is 0 Å². The molecular formula is C10H6BrClF2N4O. The fraction of sp³-hybridized carbons (Fsp3) is 0. The van der Waals surface area contributed by atoms with E-state index >= 15 is 0 Å². The van der Waals surface area contributed by atoms with Gasteiger partial charge >= 0.3 is 0 Å². The highest BCUT2D eigenvalue weighted by Gasteiger charge is 2.15. The van der Waals surface area contributed by atoms with Gasteiger partial charge in [-0.05, 0) is 12.1 Å². The predicted octanol–water partition coefficient (Wildman–Crippen LogP) is 3.25. The predicted molar refractivity (Wildman–Crippen MR) is 69.0 cm³/mol. The van der Waals surface area contributed by atoms with Gasteiger partial charge in [0.15, 0.2) is 11.6 Å². The van der Waals surface area contributed by atoms with Gasteiger partial charge in [0.1, 0.15) is 5.02 Å². The van der Waals surface area contributed by atoms with E-state index in [4.69, 9.17) is 22.2 Å². The third kappa shape index (κ3) is 3.09. The van der Waals surface area contributed by atoms with Crippen LogP contribution < -0.4 is 16.0 Å². The van der Waals surface area contributed by atoms with Crippen LogP contribution in [0, 0.1) is 11.6 Å². The Morgan fingerprint density at radius 3 is 2.79 bits per heavy atom. The molecule has 0 aliphatic carbocycles. The maximum atomic E-state index is 13.5. The highest BCUT2D eigenvalue weighted by Crippen LogP contribution is 2.32. The molecule has 0 aliphatic heterocycles. The van der Waals surface area contributed by atoms with E-state index in [0.717, 1.165) is 6.07 Å². The number of ether oxygens (including phenoxy) is 1. The van der Waals surface area contributed by atoms with Crippen molar-refractivity contribution in [2.45, 2.75) is 0 Å². The largest absolute Gasteiger partial charge is 0.434 e. The average Bonchev–Trinajstić information content (AvgIpc) is 2.38. The van der Waals surface area contributed by atoms with Crippen LogP contribution in [0.3, 0.4) is 0 Å². The maximum absolute atomic E-state index is 13.5. The number of hydrogen-bond acceptors (Lipinski definition) is 5. The molecule has 2 aromatic rings. The van der Waals surface area contributed by atoms with Crippen LogP contribution in [0.5, 0.6) is 11.6 Å². The number of hydrogen-bond donors (Lipinski definition) is 2. The lowest BCUT2D eigenvalue weighted by molar-refractivity contribution is 0.405. The second kappa shape index (κ2) is 5.64. The van der Waals surface area contributed by atoms with E-state index in [1.807, 2.05) is 0 Å². The van der Waals surface area contributed by atoms with Gasteiger partial charge in [-0.25, -0.2) is 15.2 Å². The Balaban J connectivity index is 2.41. The second-order valence-electron chi connectivity index (χ2n) is 3.29. The number of benzene rings is 1. The topological polar surface area (TPSA) is 73.1 Å². The minimum absolute atomic E-state index is 0.0234. The van der Waals surface area contributed by atoms with E-state index in [1.165, 1.54) is 12.3 Å². The van der Waals surface area contributed by atoms with Gasteiger partial charge in [-0.1, -0.05) is 27.5 Å². The molecule has 1 aromatic heterocycles. The van der Waals surface area contributed by atoms with Crippen molar-refractivity contribution in [3.8, 4) is 11.6 Å². The Labute approximate surface area is 119 Å². The van der Waals surface area contributed by atoms with Crippen LogP contribution >= 0.6 is 27.5 Å². The number of anilines is 1. The first kappa shape index (κ1) is 13.9. The summed E-state index contributed by atoms with van der Waals surface area (Å²) in [6.45, 7) is 0. The number of aromatic nitrogens is 2. The van der Waals surface area contributed by atoms with Crippen LogP contribution in [0.4, 0.5) is 14.7 Å². The summed E-state index contributed by atoms with van der Waals surface area (Å²) in [5.74, 6) is 2.42. The van der Waals surface area contributed by atoms with Gasteiger partial charge in [-0.3, -0.25) is 5.43 Å². The molecule has 2 rings (SSSR count). The van der Waals surface area contributed by atoms with Crippen molar-refractivity contribution in [2.75, 3.05) is 5.43 Å². The molecule has 9 heteroatoms. The third-order valence-corrected chi connectivity index (χ3v) is 2.72. The van der Waals surface area contributed by atoms with E-state index in [2.05, 4.69) is 31.3 Å². The van der Waals surface area contributed by atoms with E-state index in [-0.39, 0.29) is 22.6 Å². The summed E-state index contributed by atoms with van der Waals surface area (Å²) >= 11 is 8.81. The average molecular weight is 352 g/mol. The molecule has 100 valence electrons. The van der Waals surface area contributed by atoms with Crippen molar-refractivity contribution < 1.29 is 13.5 Å². The van der Waals surface area contributed by atoms with Crippen molar-refractivity contribution in [3.63, 3.8) is 0 Å². The molecule has 19 heavy (non-hydrogen) atoms. The van der Waals surface area contributed by atoms with Gasteiger partial charge in [0, 0.05) is 4.47 Å². The molecule has 0 saturated heterocycles. The Hall–Kier alpha value is -1.51. The Morgan fingerprint density at radius 2 is 2.11 bits per heavy atom. The smallest absolute Gasteiger partial charge is 0.243 e. The minimum atomic E-state index is -1.15. The summed E-state index contributed by atoms with van der Waals surface area (Å²) in [4.78, 5) is 7.50. The lowest BCUT2D eigenvalue weighted by atomic mass is 10.3. The Kier molecular flexibility index (Phi) is 4.13. The molecule has 0 aliphatic rings.